The van der Waals surface area contributed by atoms with Crippen molar-refractivity contribution in [2.24, 2.45) is 0 Å². The van der Waals surface area contributed by atoms with E-state index in [-0.39, 0.29) is 0 Å². The van der Waals surface area contributed by atoms with Crippen molar-refractivity contribution in [3.8, 4) is 0 Å². The predicted octanol–water partition coefficient (Wildman–Crippen LogP) is -1.29. The van der Waals surface area contributed by atoms with Crippen molar-refractivity contribution in [2.45, 2.75) is 18.1 Å². The van der Waals surface area contributed by atoms with E-state index in [4.69, 9.17) is 4.55 Å². The standard InChI is InChI=1S/C3H8N2O4S2/c6-10(7)4-5-11(8,9)3-1-2-3/h3-5H,1-2H2,(H,6,7). The van der Waals surface area contributed by atoms with Crippen molar-refractivity contribution in [1.82, 2.24) is 9.66 Å². The first-order valence-electron chi connectivity index (χ1n) is 2.89. The highest BCUT2D eigenvalue weighted by molar-refractivity contribution is 7.91. The van der Waals surface area contributed by atoms with Crippen molar-refractivity contribution in [3.05, 3.63) is 0 Å². The van der Waals surface area contributed by atoms with Crippen LogP contribution < -0.4 is 9.66 Å². The van der Waals surface area contributed by atoms with Gasteiger partial charge < -0.3 is 0 Å². The molecule has 0 aliphatic heterocycles. The van der Waals surface area contributed by atoms with E-state index in [0.29, 0.717) is 12.8 Å². The first-order valence-corrected chi connectivity index (χ1v) is 5.55. The molecule has 0 radical (unpaired) electrons. The minimum absolute atomic E-state index is 0.390. The van der Waals surface area contributed by atoms with Gasteiger partial charge in [0.2, 0.25) is 21.3 Å². The van der Waals surface area contributed by atoms with Gasteiger partial charge >= 0.3 is 0 Å². The molecule has 1 fully saturated rings. The fraction of sp³-hybridized carbons (Fsp3) is 1.00. The van der Waals surface area contributed by atoms with E-state index in [1.165, 1.54) is 0 Å². The van der Waals surface area contributed by atoms with Gasteiger partial charge in [-0.3, -0.25) is 4.55 Å². The van der Waals surface area contributed by atoms with Gasteiger partial charge in [0.1, 0.15) is 0 Å². The molecule has 0 bridgehead atoms. The van der Waals surface area contributed by atoms with Gasteiger partial charge in [-0.2, -0.15) is 0 Å². The maximum absolute atomic E-state index is 10.9. The van der Waals surface area contributed by atoms with Crippen LogP contribution in [0, 0.1) is 0 Å². The molecule has 3 N–H and O–H groups in total. The maximum atomic E-state index is 10.9. The molecule has 0 heterocycles. The van der Waals surface area contributed by atoms with Gasteiger partial charge in [0.05, 0.1) is 5.25 Å². The first kappa shape index (κ1) is 9.07. The normalized spacial score (nSPS) is 21.5. The van der Waals surface area contributed by atoms with Crippen molar-refractivity contribution < 1.29 is 17.2 Å². The van der Waals surface area contributed by atoms with Gasteiger partial charge in [-0.05, 0) is 12.8 Å². The molecular formula is C3H8N2O4S2. The lowest BCUT2D eigenvalue weighted by Crippen LogP contribution is -2.40. The van der Waals surface area contributed by atoms with Crippen LogP contribution in [0.4, 0.5) is 0 Å². The van der Waals surface area contributed by atoms with Crippen molar-refractivity contribution >= 4 is 21.3 Å². The quantitative estimate of drug-likeness (QED) is 0.388. The van der Waals surface area contributed by atoms with E-state index in [0.717, 1.165) is 0 Å². The summed E-state index contributed by atoms with van der Waals surface area (Å²) in [6, 6.07) is 0. The molecule has 1 atom stereocenters. The zero-order valence-electron chi connectivity index (χ0n) is 5.48. The smallest absolute Gasteiger partial charge is 0.246 e. The van der Waals surface area contributed by atoms with Crippen molar-refractivity contribution in [1.29, 1.82) is 0 Å². The zero-order chi connectivity index (χ0) is 8.48. The van der Waals surface area contributed by atoms with Gasteiger partial charge in [0.25, 0.3) is 0 Å². The number of hydrogen-bond donors (Lipinski definition) is 3. The van der Waals surface area contributed by atoms with Gasteiger partial charge in [-0.1, -0.05) is 0 Å². The molecule has 11 heavy (non-hydrogen) atoms. The lowest BCUT2D eigenvalue weighted by atomic mass is 11.0. The summed E-state index contributed by atoms with van der Waals surface area (Å²) in [4.78, 5) is 3.49. The van der Waals surface area contributed by atoms with Crippen LogP contribution >= 0.6 is 0 Å². The Hall–Kier alpha value is -0.0200. The first-order chi connectivity index (χ1) is 5.02. The van der Waals surface area contributed by atoms with E-state index in [9.17, 15) is 12.6 Å². The summed E-state index contributed by atoms with van der Waals surface area (Å²) in [7, 11) is -3.40. The van der Waals surface area contributed by atoms with E-state index in [1.807, 2.05) is 0 Å². The molecule has 1 rings (SSSR count). The number of hydrogen-bond acceptors (Lipinski definition) is 3. The Morgan fingerprint density at radius 1 is 1.45 bits per heavy atom. The van der Waals surface area contributed by atoms with E-state index in [2.05, 4.69) is 0 Å². The van der Waals surface area contributed by atoms with Crippen LogP contribution in [0.2, 0.25) is 0 Å². The van der Waals surface area contributed by atoms with Gasteiger partial charge in [-0.25, -0.2) is 12.6 Å². The summed E-state index contributed by atoms with van der Waals surface area (Å²) in [6.07, 6.45) is 1.24. The summed E-state index contributed by atoms with van der Waals surface area (Å²) >= 11 is -2.34. The molecule has 66 valence electrons. The number of sulfonamides is 1. The molecule has 0 aromatic rings. The Balaban J connectivity index is 2.40. The minimum atomic E-state index is -3.40. The third kappa shape index (κ3) is 2.83. The molecule has 8 heteroatoms. The van der Waals surface area contributed by atoms with Crippen LogP contribution in [0.15, 0.2) is 0 Å². The summed E-state index contributed by atoms with van der Waals surface area (Å²) in [5.74, 6) is 0. The topological polar surface area (TPSA) is 95.5 Å². The van der Waals surface area contributed by atoms with E-state index in [1.54, 1.807) is 9.66 Å². The van der Waals surface area contributed by atoms with Crippen LogP contribution in [0.5, 0.6) is 0 Å². The summed E-state index contributed by atoms with van der Waals surface area (Å²) in [6.45, 7) is 0. The average molecular weight is 200 g/mol. The Bertz CT molecular complexity index is 257. The Morgan fingerprint density at radius 3 is 2.36 bits per heavy atom. The Kier molecular flexibility index (Phi) is 2.60. The third-order valence-corrected chi connectivity index (χ3v) is 3.38. The second kappa shape index (κ2) is 3.15. The lowest BCUT2D eigenvalue weighted by Gasteiger charge is -2.01. The number of rotatable bonds is 4. The number of hydrazine groups is 1. The highest BCUT2D eigenvalue weighted by Gasteiger charge is 2.35. The SMILES string of the molecule is O=S(O)NNS(=O)(=O)C1CC1. The van der Waals surface area contributed by atoms with E-state index >= 15 is 0 Å². The highest BCUT2D eigenvalue weighted by Crippen LogP contribution is 2.26. The molecule has 1 saturated carbocycles. The fourth-order valence-electron chi connectivity index (χ4n) is 0.555. The van der Waals surface area contributed by atoms with Gasteiger partial charge in [-0.15, -0.1) is 9.66 Å². The molecule has 0 spiro atoms. The maximum Gasteiger partial charge on any atom is 0.246 e. The molecule has 0 aromatic heterocycles. The molecule has 1 unspecified atom stereocenters. The molecule has 0 saturated heterocycles. The number of nitrogens with one attached hydrogen (secondary N) is 2. The monoisotopic (exact) mass is 200 g/mol. The third-order valence-electron chi connectivity index (χ3n) is 1.23. The largest absolute Gasteiger partial charge is 0.293 e. The van der Waals surface area contributed by atoms with Crippen molar-refractivity contribution in [3.63, 3.8) is 0 Å². The Labute approximate surface area is 66.8 Å². The predicted molar refractivity (Wildman–Crippen MR) is 39.0 cm³/mol. The molecule has 1 aliphatic carbocycles. The van der Waals surface area contributed by atoms with Gasteiger partial charge in [0, 0.05) is 0 Å². The average Bonchev–Trinajstić information content (AvgIpc) is 2.64. The summed E-state index contributed by atoms with van der Waals surface area (Å²) < 4.78 is 39.9. The second-order valence-corrected chi connectivity index (χ2v) is 4.86. The summed E-state index contributed by atoms with van der Waals surface area (Å²) in [5, 5.41) is -0.390. The van der Waals surface area contributed by atoms with E-state index < -0.39 is 26.5 Å². The fourth-order valence-corrected chi connectivity index (χ4v) is 2.23. The second-order valence-electron chi connectivity index (χ2n) is 2.20. The zero-order valence-corrected chi connectivity index (χ0v) is 7.11. The van der Waals surface area contributed by atoms with Crippen LogP contribution in [-0.4, -0.2) is 22.4 Å². The van der Waals surface area contributed by atoms with Gasteiger partial charge in [0.15, 0.2) is 0 Å². The van der Waals surface area contributed by atoms with Crippen LogP contribution in [0.3, 0.4) is 0 Å². The molecule has 1 aliphatic rings. The molecule has 6 nitrogen and oxygen atoms in total. The lowest BCUT2D eigenvalue weighted by molar-refractivity contribution is 0.535. The van der Waals surface area contributed by atoms with Crippen LogP contribution in [-0.2, 0) is 21.3 Å². The highest BCUT2D eigenvalue weighted by atomic mass is 32.2. The van der Waals surface area contributed by atoms with Crippen LogP contribution in [0.1, 0.15) is 12.8 Å². The molecular weight excluding hydrogens is 192 g/mol. The minimum Gasteiger partial charge on any atom is -0.293 e. The molecule has 0 aromatic carbocycles. The summed E-state index contributed by atoms with van der Waals surface area (Å²) in [5.41, 5.74) is 0. The van der Waals surface area contributed by atoms with Crippen LogP contribution in [0.25, 0.3) is 0 Å². The Morgan fingerprint density at radius 2 is 2.00 bits per heavy atom. The molecule has 0 amide bonds. The van der Waals surface area contributed by atoms with Crippen molar-refractivity contribution in [2.75, 3.05) is 0 Å².